The van der Waals surface area contributed by atoms with Crippen molar-refractivity contribution in [3.63, 3.8) is 0 Å². The first-order valence-corrected chi connectivity index (χ1v) is 9.15. The summed E-state index contributed by atoms with van der Waals surface area (Å²) in [6.07, 6.45) is 1.59. The van der Waals surface area contributed by atoms with Crippen molar-refractivity contribution in [2.45, 2.75) is 36.1 Å². The number of aromatic nitrogens is 4. The van der Waals surface area contributed by atoms with Crippen molar-refractivity contribution in [1.29, 1.82) is 0 Å². The molecule has 4 heterocycles. The number of nitrogens with zero attached hydrogens (tertiary/aromatic N) is 5. The lowest BCUT2D eigenvalue weighted by Crippen LogP contribution is -2.31. The number of hydrogen-bond donors (Lipinski definition) is 3. The van der Waals surface area contributed by atoms with Crippen LogP contribution >= 0.6 is 11.8 Å². The lowest BCUT2D eigenvalue weighted by molar-refractivity contribution is -0.0285. The molecule has 2 aromatic rings. The van der Waals surface area contributed by atoms with Crippen LogP contribution in [0.3, 0.4) is 0 Å². The van der Waals surface area contributed by atoms with Crippen molar-refractivity contribution in [2.75, 3.05) is 24.6 Å². The second kappa shape index (κ2) is 6.83. The quantitative estimate of drug-likeness (QED) is 0.619. The van der Waals surface area contributed by atoms with Gasteiger partial charge in [-0.25, -0.2) is 15.0 Å². The molecule has 2 fully saturated rings. The van der Waals surface area contributed by atoms with Gasteiger partial charge >= 0.3 is 0 Å². The Morgan fingerprint density at radius 1 is 1.48 bits per heavy atom. The van der Waals surface area contributed by atoms with Crippen molar-refractivity contribution in [3.8, 4) is 0 Å². The van der Waals surface area contributed by atoms with E-state index in [0.29, 0.717) is 22.2 Å². The van der Waals surface area contributed by atoms with Gasteiger partial charge in [-0.3, -0.25) is 4.57 Å². The molecule has 0 bridgehead atoms. The maximum atomic E-state index is 11.3. The largest absolute Gasteiger partial charge is 0.386 e. The third-order valence-corrected chi connectivity index (χ3v) is 6.03. The normalized spacial score (nSPS) is 32.4. The van der Waals surface area contributed by atoms with E-state index in [1.807, 2.05) is 0 Å². The van der Waals surface area contributed by atoms with Gasteiger partial charge in [0.2, 0.25) is 0 Å². The molecule has 2 aliphatic rings. The fraction of sp³-hybridized carbons (Fsp3) is 0.643. The number of hydrogen-bond acceptors (Lipinski definition) is 10. The summed E-state index contributed by atoms with van der Waals surface area (Å²) in [5.41, 5.74) is 6.68. The molecule has 0 aliphatic carbocycles. The van der Waals surface area contributed by atoms with Gasteiger partial charge in [0.25, 0.3) is 0 Å². The van der Waals surface area contributed by atoms with Gasteiger partial charge in [0.05, 0.1) is 12.4 Å². The van der Waals surface area contributed by atoms with E-state index >= 15 is 0 Å². The van der Waals surface area contributed by atoms with E-state index in [9.17, 15) is 10.0 Å². The molecule has 2 aliphatic heterocycles. The van der Waals surface area contributed by atoms with Gasteiger partial charge in [-0.15, -0.1) is 0 Å². The lowest BCUT2D eigenvalue weighted by atomic mass is 10.1. The van der Waals surface area contributed by atoms with E-state index in [4.69, 9.17) is 10.5 Å². The molecule has 5 atom stereocenters. The molecule has 25 heavy (non-hydrogen) atoms. The van der Waals surface area contributed by atoms with Gasteiger partial charge in [0, 0.05) is 17.5 Å². The minimum absolute atomic E-state index is 0.252. The smallest absolute Gasteiger partial charge is 0.167 e. The van der Waals surface area contributed by atoms with Crippen LogP contribution in [-0.2, 0) is 4.74 Å². The number of thioether (sulfide) groups is 1. The summed E-state index contributed by atoms with van der Waals surface area (Å²) in [5, 5.41) is 17.5. The summed E-state index contributed by atoms with van der Waals surface area (Å²) in [4.78, 5) is 23.5. The number of nitrogens with two attached hydrogens (primary N) is 1. The van der Waals surface area contributed by atoms with E-state index in [1.165, 1.54) is 12.7 Å². The Kier molecular flexibility index (Phi) is 4.54. The molecule has 0 radical (unpaired) electrons. The van der Waals surface area contributed by atoms with Crippen LogP contribution in [0.15, 0.2) is 17.8 Å². The van der Waals surface area contributed by atoms with E-state index < -0.39 is 24.5 Å². The van der Waals surface area contributed by atoms with E-state index in [1.54, 1.807) is 16.3 Å². The Hall–Kier alpha value is -1.82. The topological polar surface area (TPSA) is 141 Å². The molecule has 4 N–H and O–H groups in total. The maximum Gasteiger partial charge on any atom is 0.167 e. The van der Waals surface area contributed by atoms with Crippen LogP contribution in [-0.4, -0.2) is 67.0 Å². The summed E-state index contributed by atoms with van der Waals surface area (Å²) in [5.74, 6) is 0.849. The summed E-state index contributed by atoms with van der Waals surface area (Å²) in [7, 11) is 0. The van der Waals surface area contributed by atoms with Crippen molar-refractivity contribution in [2.24, 2.45) is 5.18 Å². The molecule has 4 rings (SSSR count). The van der Waals surface area contributed by atoms with Crippen LogP contribution < -0.4 is 11.1 Å². The average Bonchev–Trinajstić information content (AvgIpc) is 3.32. The van der Waals surface area contributed by atoms with Crippen LogP contribution in [0.5, 0.6) is 0 Å². The number of nitrogens with one attached hydrogen (secondary N) is 1. The zero-order chi connectivity index (χ0) is 17.4. The number of aliphatic hydroxyl groups excluding tert-OH is 1. The molecule has 0 amide bonds. The van der Waals surface area contributed by atoms with Crippen molar-refractivity contribution in [1.82, 2.24) is 24.8 Å². The molecule has 134 valence electrons. The number of nitrogen functional groups attached to an aromatic ring is 1. The molecule has 0 saturated carbocycles. The molecular weight excluding hydrogens is 346 g/mol. The highest BCUT2D eigenvalue weighted by Crippen LogP contribution is 2.35. The zero-order valence-corrected chi connectivity index (χ0v) is 14.2. The fourth-order valence-electron chi connectivity index (χ4n) is 3.28. The van der Waals surface area contributed by atoms with E-state index in [2.05, 4.69) is 25.4 Å². The molecule has 2 aromatic heterocycles. The molecule has 0 spiro atoms. The highest BCUT2D eigenvalue weighted by molar-refractivity contribution is 8.00. The van der Waals surface area contributed by atoms with Gasteiger partial charge in [0.15, 0.2) is 17.7 Å². The average molecular weight is 365 g/mol. The molecule has 5 unspecified atom stereocenters. The van der Waals surface area contributed by atoms with Crippen LogP contribution in [0.4, 0.5) is 5.82 Å². The second-order valence-corrected chi connectivity index (χ2v) is 7.52. The number of imidazole rings is 1. The minimum Gasteiger partial charge on any atom is -0.386 e. The van der Waals surface area contributed by atoms with Gasteiger partial charge < -0.3 is 20.9 Å². The number of aliphatic hydroxyl groups is 1. The first kappa shape index (κ1) is 16.6. The van der Waals surface area contributed by atoms with Gasteiger partial charge in [-0.2, -0.15) is 16.7 Å². The fourth-order valence-corrected chi connectivity index (χ4v) is 4.54. The summed E-state index contributed by atoms with van der Waals surface area (Å²) >= 11 is 1.74. The molecule has 0 aromatic carbocycles. The van der Waals surface area contributed by atoms with Crippen molar-refractivity contribution < 1.29 is 9.84 Å². The van der Waals surface area contributed by atoms with E-state index in [0.717, 1.165) is 19.5 Å². The van der Waals surface area contributed by atoms with Gasteiger partial charge in [-0.1, -0.05) is 5.18 Å². The molecule has 2 saturated heterocycles. The van der Waals surface area contributed by atoms with Crippen LogP contribution in [0.25, 0.3) is 11.2 Å². The Morgan fingerprint density at radius 2 is 2.36 bits per heavy atom. The third-order valence-electron chi connectivity index (χ3n) is 4.63. The minimum atomic E-state index is -1.07. The number of anilines is 1. The lowest BCUT2D eigenvalue weighted by Gasteiger charge is -2.17. The Morgan fingerprint density at radius 3 is 3.12 bits per heavy atom. The standard InChI is InChI=1S/C14H19N7O3S/c15-12-10-13(18-5-17-12)21(6-19-10)14-11(22)9(20-23)8(24-14)4-25-7-1-2-16-3-7/h5-9,11,14,16,22H,1-4H2,(H2,15,17,18). The molecular formula is C14H19N7O3S. The van der Waals surface area contributed by atoms with Gasteiger partial charge in [-0.05, 0) is 13.0 Å². The summed E-state index contributed by atoms with van der Waals surface area (Å²) in [6.45, 7) is 1.96. The van der Waals surface area contributed by atoms with Crippen molar-refractivity contribution in [3.05, 3.63) is 17.6 Å². The predicted molar refractivity (Wildman–Crippen MR) is 93.0 cm³/mol. The monoisotopic (exact) mass is 365 g/mol. The van der Waals surface area contributed by atoms with Gasteiger partial charge in [0.1, 0.15) is 24.0 Å². The van der Waals surface area contributed by atoms with Crippen molar-refractivity contribution >= 4 is 28.7 Å². The molecule has 10 nitrogen and oxygen atoms in total. The first-order valence-electron chi connectivity index (χ1n) is 8.10. The highest BCUT2D eigenvalue weighted by Gasteiger charge is 2.46. The predicted octanol–water partition coefficient (Wildman–Crippen LogP) is -0.103. The Labute approximate surface area is 147 Å². The molecule has 11 heteroatoms. The zero-order valence-electron chi connectivity index (χ0n) is 13.4. The number of ether oxygens (including phenoxy) is 1. The third kappa shape index (κ3) is 2.97. The number of fused-ring (bicyclic) bond motifs is 1. The number of rotatable bonds is 5. The van der Waals surface area contributed by atoms with Crippen LogP contribution in [0.2, 0.25) is 0 Å². The van der Waals surface area contributed by atoms with Crippen LogP contribution in [0.1, 0.15) is 12.6 Å². The highest BCUT2D eigenvalue weighted by atomic mass is 32.2. The SMILES string of the molecule is Nc1ncnc2c1ncn2C1OC(CSC2CCNC2)C(N=O)C1O. The Bertz CT molecular complexity index is 766. The number of nitroso groups, excluding NO2 is 1. The summed E-state index contributed by atoms with van der Waals surface area (Å²) < 4.78 is 7.55. The summed E-state index contributed by atoms with van der Waals surface area (Å²) in [6, 6.07) is -0.830. The second-order valence-electron chi connectivity index (χ2n) is 6.18. The Balaban J connectivity index is 1.55. The van der Waals surface area contributed by atoms with Crippen LogP contribution in [0, 0.1) is 4.91 Å². The first-order chi connectivity index (χ1) is 12.2. The van der Waals surface area contributed by atoms with E-state index in [-0.39, 0.29) is 5.82 Å². The maximum absolute atomic E-state index is 11.3.